The summed E-state index contributed by atoms with van der Waals surface area (Å²) in [6.07, 6.45) is 4.42. The molecule has 0 fully saturated rings. The van der Waals surface area contributed by atoms with Gasteiger partial charge < -0.3 is 4.79 Å². The molecule has 0 N–H and O–H groups in total. The Morgan fingerprint density at radius 3 is 2.67 bits per heavy atom. The molecular weight excluding hydrogens is 152 g/mol. The van der Waals surface area contributed by atoms with Crippen molar-refractivity contribution in [1.29, 1.82) is 0 Å². The summed E-state index contributed by atoms with van der Waals surface area (Å²) in [6.45, 7) is 3.15. The number of rotatable bonds is 3. The molecule has 12 heavy (non-hydrogen) atoms. The van der Waals surface area contributed by atoms with Gasteiger partial charge in [-0.3, -0.25) is 4.79 Å². The molecule has 1 atom stereocenters. The lowest BCUT2D eigenvalue weighted by molar-refractivity contribution is -0.117. The highest BCUT2D eigenvalue weighted by Crippen LogP contribution is 2.29. The van der Waals surface area contributed by atoms with Crippen LogP contribution in [0, 0.1) is 5.92 Å². The van der Waals surface area contributed by atoms with Crippen molar-refractivity contribution < 1.29 is 9.59 Å². The minimum atomic E-state index is 0.124. The molecule has 2 nitrogen and oxygen atoms in total. The van der Waals surface area contributed by atoms with Crippen LogP contribution >= 0.6 is 0 Å². The van der Waals surface area contributed by atoms with Gasteiger partial charge in [0.05, 0.1) is 0 Å². The van der Waals surface area contributed by atoms with Gasteiger partial charge in [0.1, 0.15) is 5.78 Å². The minimum Gasteiger partial charge on any atom is -0.300 e. The van der Waals surface area contributed by atoms with Gasteiger partial charge in [0.2, 0.25) is 0 Å². The molecule has 0 aromatic heterocycles. The Bertz CT molecular complexity index is 238. The number of allylic oxidation sites excluding steroid dienone is 2. The topological polar surface area (TPSA) is 34.1 Å². The van der Waals surface area contributed by atoms with Crippen molar-refractivity contribution in [2.24, 2.45) is 5.92 Å². The summed E-state index contributed by atoms with van der Waals surface area (Å²) in [4.78, 5) is 21.9. The fourth-order valence-electron chi connectivity index (χ4n) is 1.75. The Morgan fingerprint density at radius 1 is 1.50 bits per heavy atom. The molecule has 1 unspecified atom stereocenters. The smallest absolute Gasteiger partial charge is 0.155 e. The van der Waals surface area contributed by atoms with E-state index in [0.29, 0.717) is 6.42 Å². The number of hydrogen-bond donors (Lipinski definition) is 0. The summed E-state index contributed by atoms with van der Waals surface area (Å²) in [6, 6.07) is 0. The Balaban J connectivity index is 2.62. The Labute approximate surface area is 72.7 Å². The van der Waals surface area contributed by atoms with Gasteiger partial charge in [-0.2, -0.15) is 0 Å². The first-order valence-corrected chi connectivity index (χ1v) is 4.31. The lowest BCUT2D eigenvalue weighted by Gasteiger charge is -2.09. The van der Waals surface area contributed by atoms with Gasteiger partial charge in [-0.15, -0.1) is 0 Å². The highest BCUT2D eigenvalue weighted by atomic mass is 16.1. The molecule has 0 saturated carbocycles. The van der Waals surface area contributed by atoms with Crippen LogP contribution in [0.2, 0.25) is 0 Å². The van der Waals surface area contributed by atoms with Crippen LogP contribution in [0.4, 0.5) is 0 Å². The van der Waals surface area contributed by atoms with E-state index in [2.05, 4.69) is 0 Å². The average molecular weight is 166 g/mol. The molecule has 0 aromatic carbocycles. The van der Waals surface area contributed by atoms with Crippen molar-refractivity contribution in [2.75, 3.05) is 0 Å². The van der Waals surface area contributed by atoms with Gasteiger partial charge in [0.15, 0.2) is 5.78 Å². The van der Waals surface area contributed by atoms with Crippen LogP contribution in [0.3, 0.4) is 0 Å². The lowest BCUT2D eigenvalue weighted by Crippen LogP contribution is -2.10. The van der Waals surface area contributed by atoms with E-state index in [-0.39, 0.29) is 17.5 Å². The summed E-state index contributed by atoms with van der Waals surface area (Å²) >= 11 is 0. The molecule has 66 valence electrons. The molecule has 0 bridgehead atoms. The third-order valence-corrected chi connectivity index (χ3v) is 2.26. The summed E-state index contributed by atoms with van der Waals surface area (Å²) in [5.41, 5.74) is 0.866. The fourth-order valence-corrected chi connectivity index (χ4v) is 1.75. The van der Waals surface area contributed by atoms with Crippen LogP contribution in [0.25, 0.3) is 0 Å². The highest BCUT2D eigenvalue weighted by molar-refractivity contribution is 5.95. The van der Waals surface area contributed by atoms with Crippen molar-refractivity contribution in [3.05, 3.63) is 11.6 Å². The van der Waals surface area contributed by atoms with Crippen molar-refractivity contribution in [3.8, 4) is 0 Å². The van der Waals surface area contributed by atoms with Crippen molar-refractivity contribution in [1.82, 2.24) is 0 Å². The second kappa shape index (κ2) is 3.65. The molecule has 1 aliphatic rings. The molecule has 0 aliphatic heterocycles. The predicted octanol–water partition coefficient (Wildman–Crippen LogP) is 1.89. The highest BCUT2D eigenvalue weighted by Gasteiger charge is 2.23. The number of carbonyl (C=O) groups excluding carboxylic acids is 2. The maximum atomic E-state index is 11.1. The van der Waals surface area contributed by atoms with Gasteiger partial charge in [-0.25, -0.2) is 0 Å². The molecule has 1 aliphatic carbocycles. The van der Waals surface area contributed by atoms with Crippen molar-refractivity contribution in [3.63, 3.8) is 0 Å². The number of carbonyl (C=O) groups is 2. The van der Waals surface area contributed by atoms with E-state index >= 15 is 0 Å². The summed E-state index contributed by atoms with van der Waals surface area (Å²) in [5, 5.41) is 0. The molecule has 0 spiro atoms. The predicted molar refractivity (Wildman–Crippen MR) is 46.8 cm³/mol. The monoisotopic (exact) mass is 166 g/mol. The number of hydrogen-bond acceptors (Lipinski definition) is 2. The molecular formula is C10H14O2. The van der Waals surface area contributed by atoms with Gasteiger partial charge in [0.25, 0.3) is 0 Å². The van der Waals surface area contributed by atoms with Crippen molar-refractivity contribution in [2.45, 2.75) is 33.1 Å². The molecule has 0 amide bonds. The molecule has 1 rings (SSSR count). The third kappa shape index (κ3) is 2.03. The first-order chi connectivity index (χ1) is 5.61. The first kappa shape index (κ1) is 9.17. The zero-order chi connectivity index (χ0) is 9.14. The second-order valence-electron chi connectivity index (χ2n) is 3.40. The normalized spacial score (nSPS) is 22.2. The second-order valence-corrected chi connectivity index (χ2v) is 3.40. The van der Waals surface area contributed by atoms with Crippen LogP contribution < -0.4 is 0 Å². The SMILES string of the molecule is CC(=O)CC1CCC=C1C(C)=O. The van der Waals surface area contributed by atoms with Gasteiger partial charge in [0, 0.05) is 6.42 Å². The largest absolute Gasteiger partial charge is 0.300 e. The van der Waals surface area contributed by atoms with Gasteiger partial charge in [-0.1, -0.05) is 6.08 Å². The average Bonchev–Trinajstić information content (AvgIpc) is 2.33. The minimum absolute atomic E-state index is 0.124. The fraction of sp³-hybridized carbons (Fsp3) is 0.600. The molecule has 2 heteroatoms. The maximum absolute atomic E-state index is 11.1. The quantitative estimate of drug-likeness (QED) is 0.641. The van der Waals surface area contributed by atoms with E-state index in [9.17, 15) is 9.59 Å². The van der Waals surface area contributed by atoms with Crippen LogP contribution in [0.1, 0.15) is 33.1 Å². The van der Waals surface area contributed by atoms with Crippen LogP contribution in [-0.4, -0.2) is 11.6 Å². The third-order valence-electron chi connectivity index (χ3n) is 2.26. The molecule has 0 radical (unpaired) electrons. The van der Waals surface area contributed by atoms with E-state index in [1.165, 1.54) is 0 Å². The summed E-state index contributed by atoms with van der Waals surface area (Å²) in [5.74, 6) is 0.507. The zero-order valence-corrected chi connectivity index (χ0v) is 7.59. The van der Waals surface area contributed by atoms with Gasteiger partial charge in [-0.05, 0) is 38.2 Å². The van der Waals surface area contributed by atoms with E-state index in [4.69, 9.17) is 0 Å². The number of ketones is 2. The Kier molecular flexibility index (Phi) is 2.79. The van der Waals surface area contributed by atoms with Crippen LogP contribution in [0.5, 0.6) is 0 Å². The first-order valence-electron chi connectivity index (χ1n) is 4.31. The molecule has 0 aromatic rings. The maximum Gasteiger partial charge on any atom is 0.155 e. The number of Topliss-reactive ketones (excluding diaryl/α,β-unsaturated/α-hetero) is 2. The lowest BCUT2D eigenvalue weighted by atomic mass is 9.94. The van der Waals surface area contributed by atoms with E-state index in [1.54, 1.807) is 13.8 Å². The van der Waals surface area contributed by atoms with Crippen molar-refractivity contribution >= 4 is 11.6 Å². The molecule has 0 heterocycles. The Hall–Kier alpha value is -0.920. The van der Waals surface area contributed by atoms with E-state index < -0.39 is 0 Å². The van der Waals surface area contributed by atoms with E-state index in [1.807, 2.05) is 6.08 Å². The summed E-state index contributed by atoms with van der Waals surface area (Å²) < 4.78 is 0. The van der Waals surface area contributed by atoms with Gasteiger partial charge >= 0.3 is 0 Å². The standard InChI is InChI=1S/C10H14O2/c1-7(11)6-9-4-3-5-10(9)8(2)12/h5,9H,3-4,6H2,1-2H3. The molecule has 0 saturated heterocycles. The van der Waals surface area contributed by atoms with Crippen LogP contribution in [-0.2, 0) is 9.59 Å². The summed E-state index contributed by atoms with van der Waals surface area (Å²) in [7, 11) is 0. The van der Waals surface area contributed by atoms with Crippen LogP contribution in [0.15, 0.2) is 11.6 Å². The van der Waals surface area contributed by atoms with E-state index in [0.717, 1.165) is 18.4 Å². The Morgan fingerprint density at radius 2 is 2.17 bits per heavy atom. The zero-order valence-electron chi connectivity index (χ0n) is 7.59.